The van der Waals surface area contributed by atoms with Crippen molar-refractivity contribution in [2.75, 3.05) is 18.2 Å². The van der Waals surface area contributed by atoms with Crippen LogP contribution in [0.4, 0.5) is 5.69 Å². The monoisotopic (exact) mass is 457 g/mol. The van der Waals surface area contributed by atoms with Gasteiger partial charge in [-0.3, -0.25) is 14.2 Å². The predicted molar refractivity (Wildman–Crippen MR) is 127 cm³/mol. The zero-order chi connectivity index (χ0) is 22.5. The molecule has 6 rings (SSSR count). The summed E-state index contributed by atoms with van der Waals surface area (Å²) in [5, 5.41) is 0.475. The van der Waals surface area contributed by atoms with Gasteiger partial charge in [-0.15, -0.1) is 0 Å². The van der Waals surface area contributed by atoms with Gasteiger partial charge in [0, 0.05) is 17.8 Å². The third kappa shape index (κ3) is 3.30. The zero-order valence-electron chi connectivity index (χ0n) is 17.5. The third-order valence-corrected chi connectivity index (χ3v) is 6.46. The van der Waals surface area contributed by atoms with Crippen LogP contribution >= 0.6 is 12.2 Å². The molecule has 1 aromatic heterocycles. The lowest BCUT2D eigenvalue weighted by atomic mass is 10.1. The maximum absolute atomic E-state index is 13.2. The number of aromatic nitrogens is 2. The number of amides is 1. The van der Waals surface area contributed by atoms with Crippen LogP contribution in [0.15, 0.2) is 65.5 Å². The number of anilines is 1. The molecule has 8 heteroatoms. The minimum absolute atomic E-state index is 0.0919. The summed E-state index contributed by atoms with van der Waals surface area (Å²) in [5.41, 5.74) is 3.83. The number of nitrogens with zero attached hydrogens (tertiary/aromatic N) is 2. The molecule has 33 heavy (non-hydrogen) atoms. The van der Waals surface area contributed by atoms with E-state index in [2.05, 4.69) is 4.98 Å². The number of para-hydroxylation sites is 1. The summed E-state index contributed by atoms with van der Waals surface area (Å²) < 4.78 is 12.6. The Labute approximate surface area is 193 Å². The molecular formula is C25H19N3O4S. The largest absolute Gasteiger partial charge is 0.454 e. The van der Waals surface area contributed by atoms with Gasteiger partial charge < -0.3 is 19.4 Å². The first-order chi connectivity index (χ1) is 16.1. The van der Waals surface area contributed by atoms with E-state index in [1.54, 1.807) is 23.1 Å². The Morgan fingerprint density at radius 1 is 1.03 bits per heavy atom. The third-order valence-electron chi connectivity index (χ3n) is 6.14. The van der Waals surface area contributed by atoms with Crippen molar-refractivity contribution in [3.8, 4) is 11.5 Å². The van der Waals surface area contributed by atoms with Crippen LogP contribution in [0.25, 0.3) is 10.9 Å². The van der Waals surface area contributed by atoms with E-state index >= 15 is 0 Å². The Bertz CT molecular complexity index is 1560. The highest BCUT2D eigenvalue weighted by Crippen LogP contribution is 2.33. The van der Waals surface area contributed by atoms with Gasteiger partial charge in [0.15, 0.2) is 16.3 Å². The lowest BCUT2D eigenvalue weighted by Crippen LogP contribution is -2.29. The van der Waals surface area contributed by atoms with Gasteiger partial charge in [-0.05, 0) is 66.2 Å². The highest BCUT2D eigenvalue weighted by molar-refractivity contribution is 7.71. The van der Waals surface area contributed by atoms with Gasteiger partial charge in [0.25, 0.3) is 11.5 Å². The number of carbonyl (C=O) groups is 1. The Kier molecular flexibility index (Phi) is 4.55. The zero-order valence-corrected chi connectivity index (χ0v) is 18.4. The maximum Gasteiger partial charge on any atom is 0.262 e. The number of benzene rings is 3. The number of rotatable bonds is 3. The van der Waals surface area contributed by atoms with Crippen molar-refractivity contribution in [2.45, 2.75) is 13.0 Å². The van der Waals surface area contributed by atoms with Crippen molar-refractivity contribution in [1.82, 2.24) is 9.55 Å². The van der Waals surface area contributed by atoms with Gasteiger partial charge >= 0.3 is 0 Å². The summed E-state index contributed by atoms with van der Waals surface area (Å²) in [6.45, 7) is 1.13. The lowest BCUT2D eigenvalue weighted by molar-refractivity contribution is 0.0989. The average Bonchev–Trinajstić information content (AvgIpc) is 3.47. The maximum atomic E-state index is 13.2. The first-order valence-electron chi connectivity index (χ1n) is 10.6. The van der Waals surface area contributed by atoms with Crippen LogP contribution < -0.4 is 19.9 Å². The van der Waals surface area contributed by atoms with Gasteiger partial charge in [-0.1, -0.05) is 24.3 Å². The van der Waals surface area contributed by atoms with Crippen molar-refractivity contribution in [3.63, 3.8) is 0 Å². The number of nitrogens with one attached hydrogen (secondary N) is 1. The molecule has 1 amide bonds. The van der Waals surface area contributed by atoms with Gasteiger partial charge in [-0.25, -0.2) is 0 Å². The van der Waals surface area contributed by atoms with E-state index in [1.807, 2.05) is 42.5 Å². The van der Waals surface area contributed by atoms with Crippen LogP contribution in [0.3, 0.4) is 0 Å². The minimum Gasteiger partial charge on any atom is -0.454 e. The lowest BCUT2D eigenvalue weighted by Gasteiger charge is -2.17. The number of ether oxygens (including phenoxy) is 2. The van der Waals surface area contributed by atoms with E-state index < -0.39 is 0 Å². The predicted octanol–water partition coefficient (Wildman–Crippen LogP) is 4.04. The Morgan fingerprint density at radius 3 is 2.79 bits per heavy atom. The molecule has 0 bridgehead atoms. The number of hydrogen-bond donors (Lipinski definition) is 1. The number of H-pyrrole nitrogens is 1. The molecule has 4 aromatic rings. The second-order valence-corrected chi connectivity index (χ2v) is 8.49. The molecule has 0 fully saturated rings. The summed E-state index contributed by atoms with van der Waals surface area (Å²) in [5.74, 6) is 1.25. The summed E-state index contributed by atoms with van der Waals surface area (Å²) in [4.78, 5) is 31.3. The number of aromatic amines is 1. The first-order valence-corrected chi connectivity index (χ1v) is 11.0. The molecule has 1 N–H and O–H groups in total. The van der Waals surface area contributed by atoms with E-state index in [0.717, 1.165) is 23.2 Å². The van der Waals surface area contributed by atoms with Crippen LogP contribution in [-0.2, 0) is 13.0 Å². The molecule has 2 aliphatic rings. The van der Waals surface area contributed by atoms with Gasteiger partial charge in [0.05, 0.1) is 17.4 Å². The Morgan fingerprint density at radius 2 is 1.88 bits per heavy atom. The molecule has 0 spiro atoms. The quantitative estimate of drug-likeness (QED) is 0.470. The fourth-order valence-electron chi connectivity index (χ4n) is 4.46. The molecule has 7 nitrogen and oxygen atoms in total. The summed E-state index contributed by atoms with van der Waals surface area (Å²) in [7, 11) is 0. The molecule has 3 heterocycles. The molecule has 0 aliphatic carbocycles. The van der Waals surface area contributed by atoms with Gasteiger partial charge in [0.2, 0.25) is 6.79 Å². The van der Waals surface area contributed by atoms with Crippen molar-refractivity contribution in [2.24, 2.45) is 0 Å². The second kappa shape index (κ2) is 7.60. The fourth-order valence-corrected chi connectivity index (χ4v) is 4.72. The standard InChI is InChI=1S/C25H19N3O4S/c29-23(27-10-9-16-3-1-2-4-20(16)27)17-6-7-18-19(12-17)26-25(33)28(24(18)30)13-15-5-8-21-22(11-15)32-14-31-21/h1-8,11-12H,9-10,13-14H2,(H,26,33). The number of fused-ring (bicyclic) bond motifs is 3. The van der Waals surface area contributed by atoms with E-state index in [0.29, 0.717) is 45.8 Å². The van der Waals surface area contributed by atoms with E-state index in [4.69, 9.17) is 21.7 Å². The van der Waals surface area contributed by atoms with E-state index in [1.165, 1.54) is 4.57 Å². The van der Waals surface area contributed by atoms with E-state index in [9.17, 15) is 9.59 Å². The van der Waals surface area contributed by atoms with Crippen LogP contribution in [-0.4, -0.2) is 28.8 Å². The molecule has 0 radical (unpaired) electrons. The smallest absolute Gasteiger partial charge is 0.262 e. The summed E-state index contributed by atoms with van der Waals surface area (Å²) >= 11 is 5.49. The highest BCUT2D eigenvalue weighted by Gasteiger charge is 2.25. The Balaban J connectivity index is 1.35. The van der Waals surface area contributed by atoms with Crippen LogP contribution in [0, 0.1) is 4.77 Å². The topological polar surface area (TPSA) is 76.6 Å². The molecule has 0 unspecified atom stereocenters. The SMILES string of the molecule is O=C(c1ccc2c(=O)n(Cc3ccc4c(c3)OCO4)c(=S)[nH]c2c1)N1CCc2ccccc21. The number of carbonyl (C=O) groups excluding carboxylic acids is 1. The van der Waals surface area contributed by atoms with Crippen molar-refractivity contribution in [1.29, 1.82) is 0 Å². The van der Waals surface area contributed by atoms with Crippen LogP contribution in [0.5, 0.6) is 11.5 Å². The second-order valence-electron chi connectivity index (χ2n) is 8.10. The molecular weight excluding hydrogens is 438 g/mol. The van der Waals surface area contributed by atoms with Crippen molar-refractivity contribution >= 4 is 34.7 Å². The molecule has 0 atom stereocenters. The molecule has 0 saturated heterocycles. The highest BCUT2D eigenvalue weighted by atomic mass is 32.1. The normalized spacial score (nSPS) is 14.0. The van der Waals surface area contributed by atoms with Crippen LogP contribution in [0.1, 0.15) is 21.5 Å². The minimum atomic E-state index is -0.211. The molecule has 2 aliphatic heterocycles. The van der Waals surface area contributed by atoms with Crippen molar-refractivity contribution in [3.05, 3.63) is 92.5 Å². The average molecular weight is 458 g/mol. The van der Waals surface area contributed by atoms with E-state index in [-0.39, 0.29) is 18.3 Å². The van der Waals surface area contributed by atoms with Crippen molar-refractivity contribution < 1.29 is 14.3 Å². The molecule has 164 valence electrons. The molecule has 3 aromatic carbocycles. The first kappa shape index (κ1) is 19.8. The fraction of sp³-hybridized carbons (Fsp3) is 0.160. The number of hydrogen-bond acceptors (Lipinski definition) is 5. The molecule has 0 saturated carbocycles. The van der Waals surface area contributed by atoms with Crippen LogP contribution in [0.2, 0.25) is 0 Å². The van der Waals surface area contributed by atoms with Gasteiger partial charge in [-0.2, -0.15) is 0 Å². The summed E-state index contributed by atoms with van der Waals surface area (Å²) in [6, 6.07) is 18.6. The van der Waals surface area contributed by atoms with Gasteiger partial charge in [0.1, 0.15) is 0 Å². The summed E-state index contributed by atoms with van der Waals surface area (Å²) in [6.07, 6.45) is 0.836. The Hall–Kier alpha value is -3.91.